The molecule has 2 unspecified atom stereocenters. The molecule has 0 aliphatic carbocycles. The van der Waals surface area contributed by atoms with E-state index in [2.05, 4.69) is 62.5 Å². The summed E-state index contributed by atoms with van der Waals surface area (Å²) in [7, 11) is 3.04. The Kier molecular flexibility index (Phi) is 14.9. The van der Waals surface area contributed by atoms with E-state index in [1.807, 2.05) is 98.8 Å². The topological polar surface area (TPSA) is 186 Å². The van der Waals surface area contributed by atoms with E-state index >= 15 is 0 Å². The Balaban J connectivity index is 0.000000181. The van der Waals surface area contributed by atoms with Gasteiger partial charge >= 0.3 is 5.97 Å². The van der Waals surface area contributed by atoms with Crippen LogP contribution in [0.2, 0.25) is 0 Å². The molecule has 4 heterocycles. The first-order valence-electron chi connectivity index (χ1n) is 21.3. The molecule has 65 heavy (non-hydrogen) atoms. The standard InChI is InChI=1S/C26H27N3O3.C18H17NO2.C8H12N2O2/c1-16-14-23(32-4)21(25(30)28-16)15-27-26(31)24-18(3)29(22-13-9-8-12-20(22)24)17(2)19-10-6-5-7-11-19;1-12(14-8-4-3-5-9-14)19-13(2)17(18(20)21)15-10-6-7-11-16(15)19;1-5-3-7(12-2)6(4-9)8(11)10-5/h5-14,17H,15H2,1-4H3,(H,27,31)(H,28,30);3-12H,1-2H3,(H,20,21);3H,4,9H2,1-2H3,(H,10,11). The number of rotatable bonds is 11. The molecule has 8 aromatic rings. The quantitative estimate of drug-likeness (QED) is 0.0853. The normalized spacial score (nSPS) is 11.8. The number of nitrogens with one attached hydrogen (secondary N) is 3. The maximum atomic E-state index is 13.3. The first-order valence-corrected chi connectivity index (χ1v) is 21.3. The number of ether oxygens (including phenoxy) is 2. The Morgan fingerprint density at radius 2 is 1.03 bits per heavy atom. The molecule has 0 aliphatic heterocycles. The Morgan fingerprint density at radius 1 is 0.631 bits per heavy atom. The Labute approximate surface area is 377 Å². The number of hydrogen-bond donors (Lipinski definition) is 5. The van der Waals surface area contributed by atoms with Crippen molar-refractivity contribution in [2.45, 2.75) is 66.7 Å². The van der Waals surface area contributed by atoms with E-state index in [9.17, 15) is 24.3 Å². The molecule has 6 N–H and O–H groups in total. The number of methoxy groups -OCH3 is 2. The van der Waals surface area contributed by atoms with Crippen molar-refractivity contribution in [2.24, 2.45) is 5.73 Å². The van der Waals surface area contributed by atoms with Crippen LogP contribution in [0.15, 0.2) is 131 Å². The molecule has 8 rings (SSSR count). The van der Waals surface area contributed by atoms with E-state index < -0.39 is 5.97 Å². The van der Waals surface area contributed by atoms with Crippen molar-refractivity contribution in [1.29, 1.82) is 0 Å². The minimum absolute atomic E-state index is 0.0580. The highest BCUT2D eigenvalue weighted by atomic mass is 16.5. The second-order valence-corrected chi connectivity index (χ2v) is 15.7. The number of para-hydroxylation sites is 2. The van der Waals surface area contributed by atoms with Crippen LogP contribution >= 0.6 is 0 Å². The predicted octanol–water partition coefficient (Wildman–Crippen LogP) is 8.90. The third kappa shape index (κ3) is 9.95. The molecule has 0 bridgehead atoms. The summed E-state index contributed by atoms with van der Waals surface area (Å²) in [6.45, 7) is 11.9. The van der Waals surface area contributed by atoms with E-state index in [1.165, 1.54) is 25.3 Å². The molecule has 0 fully saturated rings. The zero-order valence-corrected chi connectivity index (χ0v) is 38.0. The molecule has 1 amide bonds. The van der Waals surface area contributed by atoms with Crippen molar-refractivity contribution in [2.75, 3.05) is 14.2 Å². The first-order chi connectivity index (χ1) is 31.2. The van der Waals surface area contributed by atoms with Gasteiger partial charge in [0.15, 0.2) is 0 Å². The molecule has 13 heteroatoms. The highest BCUT2D eigenvalue weighted by Gasteiger charge is 2.24. The third-order valence-corrected chi connectivity index (χ3v) is 11.6. The van der Waals surface area contributed by atoms with Crippen molar-refractivity contribution in [1.82, 2.24) is 24.4 Å². The number of nitrogens with two attached hydrogens (primary N) is 1. The molecule has 2 atom stereocenters. The number of hydrogen-bond acceptors (Lipinski definition) is 7. The fourth-order valence-corrected chi connectivity index (χ4v) is 8.45. The highest BCUT2D eigenvalue weighted by Crippen LogP contribution is 2.33. The largest absolute Gasteiger partial charge is 0.496 e. The van der Waals surface area contributed by atoms with E-state index in [1.54, 1.807) is 26.0 Å². The summed E-state index contributed by atoms with van der Waals surface area (Å²) >= 11 is 0. The van der Waals surface area contributed by atoms with Crippen molar-refractivity contribution in [3.8, 4) is 11.5 Å². The average Bonchev–Trinajstić information content (AvgIpc) is 3.78. The van der Waals surface area contributed by atoms with Crippen LogP contribution in [0.4, 0.5) is 0 Å². The van der Waals surface area contributed by atoms with Gasteiger partial charge in [-0.2, -0.15) is 0 Å². The molecular formula is C52H56N6O7. The molecule has 4 aromatic carbocycles. The number of aryl methyl sites for hydroxylation is 2. The van der Waals surface area contributed by atoms with Gasteiger partial charge in [0.05, 0.1) is 55.1 Å². The highest BCUT2D eigenvalue weighted by molar-refractivity contribution is 6.08. The van der Waals surface area contributed by atoms with Gasteiger partial charge in [-0.25, -0.2) is 4.79 Å². The lowest BCUT2D eigenvalue weighted by Gasteiger charge is -2.18. The number of carboxylic acids is 1. The number of carbonyl (C=O) groups is 2. The number of amides is 1. The van der Waals surface area contributed by atoms with E-state index in [0.717, 1.165) is 38.9 Å². The summed E-state index contributed by atoms with van der Waals surface area (Å²) in [5, 5.41) is 14.1. The second-order valence-electron chi connectivity index (χ2n) is 15.7. The van der Waals surface area contributed by atoms with E-state index in [4.69, 9.17) is 15.2 Å². The lowest BCUT2D eigenvalue weighted by molar-refractivity contribution is 0.0697. The van der Waals surface area contributed by atoms with Crippen LogP contribution in [0.3, 0.4) is 0 Å². The van der Waals surface area contributed by atoms with Crippen LogP contribution in [0.25, 0.3) is 21.8 Å². The molecule has 0 spiro atoms. The van der Waals surface area contributed by atoms with Gasteiger partial charge in [0.25, 0.3) is 17.0 Å². The number of benzene rings is 4. The maximum Gasteiger partial charge on any atom is 0.338 e. The summed E-state index contributed by atoms with van der Waals surface area (Å²) in [5.41, 5.74) is 14.3. The number of aromatic nitrogens is 4. The number of carbonyl (C=O) groups excluding carboxylic acids is 1. The number of H-pyrrole nitrogens is 2. The Hall–Kier alpha value is -7.64. The number of pyridine rings is 2. The van der Waals surface area contributed by atoms with Gasteiger partial charge in [-0.3, -0.25) is 14.4 Å². The van der Waals surface area contributed by atoms with Gasteiger partial charge in [0, 0.05) is 51.1 Å². The fraction of sp³-hybridized carbons (Fsp3) is 0.231. The van der Waals surface area contributed by atoms with Crippen LogP contribution in [-0.4, -0.2) is 50.3 Å². The molecule has 336 valence electrons. The minimum atomic E-state index is -0.872. The van der Waals surface area contributed by atoms with Crippen LogP contribution < -0.4 is 31.6 Å². The third-order valence-electron chi connectivity index (χ3n) is 11.6. The summed E-state index contributed by atoms with van der Waals surface area (Å²) in [5.74, 6) is -0.0791. The van der Waals surface area contributed by atoms with Gasteiger partial charge in [0.1, 0.15) is 11.5 Å². The molecule has 13 nitrogen and oxygen atoms in total. The van der Waals surface area contributed by atoms with E-state index in [0.29, 0.717) is 39.4 Å². The maximum absolute atomic E-state index is 13.3. The zero-order chi connectivity index (χ0) is 46.9. The lowest BCUT2D eigenvalue weighted by atomic mass is 10.1. The zero-order valence-electron chi connectivity index (χ0n) is 38.0. The van der Waals surface area contributed by atoms with Gasteiger partial charge in [-0.1, -0.05) is 97.1 Å². The smallest absolute Gasteiger partial charge is 0.338 e. The first kappa shape index (κ1) is 46.9. The average molecular weight is 877 g/mol. The molecular weight excluding hydrogens is 821 g/mol. The van der Waals surface area contributed by atoms with Crippen molar-refractivity contribution >= 4 is 33.7 Å². The molecule has 0 radical (unpaired) electrons. The minimum Gasteiger partial charge on any atom is -0.496 e. The summed E-state index contributed by atoms with van der Waals surface area (Å²) < 4.78 is 14.6. The number of nitrogens with zero attached hydrogens (tertiary/aromatic N) is 2. The number of aromatic amines is 2. The molecule has 4 aromatic heterocycles. The van der Waals surface area contributed by atoms with E-state index in [-0.39, 0.29) is 42.2 Å². The second kappa shape index (κ2) is 20.7. The Bertz CT molecular complexity index is 3070. The monoisotopic (exact) mass is 876 g/mol. The van der Waals surface area contributed by atoms with Gasteiger partial charge in [-0.15, -0.1) is 0 Å². The van der Waals surface area contributed by atoms with Gasteiger partial charge in [-0.05, 0) is 76.9 Å². The SMILES string of the molecule is COc1cc(C)[nH]c(=O)c1CN.COc1cc(C)[nH]c(=O)c1CNC(=O)c1c(C)n(C(C)c2ccccc2)c2ccccc12.Cc1c(C(=O)O)c2ccccc2n1C(C)c1ccccc1. The van der Waals surface area contributed by atoms with Gasteiger partial charge < -0.3 is 44.7 Å². The Morgan fingerprint density at radius 3 is 1.48 bits per heavy atom. The van der Waals surface area contributed by atoms with Crippen LogP contribution in [0.1, 0.15) is 91.7 Å². The summed E-state index contributed by atoms with van der Waals surface area (Å²) in [6, 6.07) is 39.6. The molecule has 0 saturated heterocycles. The van der Waals surface area contributed by atoms with Crippen molar-refractivity contribution in [3.05, 3.63) is 198 Å². The van der Waals surface area contributed by atoms with Crippen LogP contribution in [0, 0.1) is 27.7 Å². The lowest BCUT2D eigenvalue weighted by Crippen LogP contribution is -2.28. The number of carboxylic acid groups (broad SMARTS) is 1. The summed E-state index contributed by atoms with van der Waals surface area (Å²) in [4.78, 5) is 54.0. The number of fused-ring (bicyclic) bond motifs is 2. The summed E-state index contributed by atoms with van der Waals surface area (Å²) in [6.07, 6.45) is 0. The van der Waals surface area contributed by atoms with Crippen LogP contribution in [-0.2, 0) is 13.1 Å². The van der Waals surface area contributed by atoms with Crippen LogP contribution in [0.5, 0.6) is 11.5 Å². The molecule has 0 aliphatic rings. The molecule has 0 saturated carbocycles. The number of aromatic carboxylic acids is 1. The van der Waals surface area contributed by atoms with Crippen molar-refractivity contribution in [3.63, 3.8) is 0 Å². The van der Waals surface area contributed by atoms with Gasteiger partial charge in [0.2, 0.25) is 0 Å². The fourth-order valence-electron chi connectivity index (χ4n) is 8.45. The van der Waals surface area contributed by atoms with Crippen molar-refractivity contribution < 1.29 is 24.2 Å². The predicted molar refractivity (Wildman–Crippen MR) is 257 cm³/mol.